The lowest BCUT2D eigenvalue weighted by atomic mass is 10.0. The number of carbonyl (C=O) groups is 1. The molecule has 0 unspecified atom stereocenters. The average Bonchev–Trinajstić information content (AvgIpc) is 2.42. The van der Waals surface area contributed by atoms with E-state index in [0.29, 0.717) is 22.9 Å². The lowest BCUT2D eigenvalue weighted by molar-refractivity contribution is 0.0696. The second-order valence-corrected chi connectivity index (χ2v) is 8.24. The Kier molecular flexibility index (Phi) is 4.54. The van der Waals surface area contributed by atoms with Crippen molar-refractivity contribution in [2.45, 2.75) is 49.2 Å². The summed E-state index contributed by atoms with van der Waals surface area (Å²) >= 11 is 3.25. The molecule has 0 atom stereocenters. The molecule has 2 rings (SSSR count). The summed E-state index contributed by atoms with van der Waals surface area (Å²) < 4.78 is 26.0. The van der Waals surface area contributed by atoms with E-state index in [9.17, 15) is 13.2 Å². The zero-order valence-electron chi connectivity index (χ0n) is 11.2. The number of carboxylic acid groups (broad SMARTS) is 1. The van der Waals surface area contributed by atoms with E-state index in [4.69, 9.17) is 5.11 Å². The monoisotopic (exact) mass is 360 g/mol. The third-order valence-corrected chi connectivity index (χ3v) is 7.05. The van der Waals surface area contributed by atoms with Crippen LogP contribution < -0.4 is 0 Å². The van der Waals surface area contributed by atoms with Crippen LogP contribution in [0.15, 0.2) is 21.5 Å². The average molecular weight is 361 g/mol. The van der Waals surface area contributed by atoms with Gasteiger partial charge in [-0.1, -0.05) is 35.2 Å². The van der Waals surface area contributed by atoms with E-state index in [1.165, 1.54) is 12.1 Å². The van der Waals surface area contributed by atoms with Gasteiger partial charge in [-0.3, -0.25) is 0 Å². The maximum Gasteiger partial charge on any atom is 0.335 e. The number of halogens is 1. The van der Waals surface area contributed by atoms with E-state index < -0.39 is 15.8 Å². The number of aromatic carboxylic acids is 1. The van der Waals surface area contributed by atoms with Gasteiger partial charge >= 0.3 is 5.97 Å². The molecular weight excluding hydrogens is 344 g/mol. The van der Waals surface area contributed by atoms with Gasteiger partial charge in [0.25, 0.3) is 0 Å². The normalized spacial score (nSPS) is 17.1. The fraction of sp³-hybridized carbons (Fsp3) is 0.500. The summed E-state index contributed by atoms with van der Waals surface area (Å²) in [5.74, 6) is -1.12. The molecule has 1 N–H and O–H groups in total. The van der Waals surface area contributed by atoms with Crippen molar-refractivity contribution in [1.82, 2.24) is 0 Å². The van der Waals surface area contributed by atoms with Crippen LogP contribution in [0.2, 0.25) is 0 Å². The van der Waals surface area contributed by atoms with Crippen molar-refractivity contribution >= 4 is 31.7 Å². The van der Waals surface area contributed by atoms with Crippen LogP contribution in [0.1, 0.15) is 48.0 Å². The summed E-state index contributed by atoms with van der Waals surface area (Å²) in [6, 6.07) is 2.73. The molecule has 0 heterocycles. The highest BCUT2D eigenvalue weighted by molar-refractivity contribution is 9.10. The van der Waals surface area contributed by atoms with Crippen molar-refractivity contribution in [2.75, 3.05) is 0 Å². The summed E-state index contributed by atoms with van der Waals surface area (Å²) in [5.41, 5.74) is 0.581. The zero-order valence-corrected chi connectivity index (χ0v) is 13.6. The van der Waals surface area contributed by atoms with Crippen molar-refractivity contribution in [3.05, 3.63) is 27.7 Å². The second-order valence-electron chi connectivity index (χ2n) is 5.19. The van der Waals surface area contributed by atoms with Gasteiger partial charge in [0.15, 0.2) is 9.84 Å². The summed E-state index contributed by atoms with van der Waals surface area (Å²) in [4.78, 5) is 11.3. The maximum absolute atomic E-state index is 12.7. The summed E-state index contributed by atoms with van der Waals surface area (Å²) in [5, 5.41) is 8.70. The number of carboxylic acids is 1. The summed E-state index contributed by atoms with van der Waals surface area (Å²) in [6.07, 6.45) is 4.24. The van der Waals surface area contributed by atoms with Crippen LogP contribution in [0.3, 0.4) is 0 Å². The predicted octanol–water partition coefficient (Wildman–Crippen LogP) is 3.56. The highest BCUT2D eigenvalue weighted by Gasteiger charge is 2.31. The topological polar surface area (TPSA) is 71.4 Å². The molecule has 0 saturated heterocycles. The Morgan fingerprint density at radius 2 is 1.85 bits per heavy atom. The van der Waals surface area contributed by atoms with Gasteiger partial charge in [-0.25, -0.2) is 13.2 Å². The van der Waals surface area contributed by atoms with Gasteiger partial charge in [0.1, 0.15) is 0 Å². The first-order chi connectivity index (χ1) is 9.34. The first-order valence-electron chi connectivity index (χ1n) is 6.61. The highest BCUT2D eigenvalue weighted by Crippen LogP contribution is 2.33. The fourth-order valence-electron chi connectivity index (χ4n) is 2.63. The predicted molar refractivity (Wildman–Crippen MR) is 79.9 cm³/mol. The van der Waals surface area contributed by atoms with E-state index in [1.807, 2.05) is 0 Å². The number of rotatable bonds is 3. The third kappa shape index (κ3) is 2.91. The Morgan fingerprint density at radius 3 is 2.40 bits per heavy atom. The lowest BCUT2D eigenvalue weighted by Crippen LogP contribution is -2.25. The van der Waals surface area contributed by atoms with Crippen LogP contribution in [-0.2, 0) is 9.84 Å². The van der Waals surface area contributed by atoms with E-state index in [0.717, 1.165) is 19.3 Å². The minimum atomic E-state index is -3.46. The fourth-order valence-corrected chi connectivity index (χ4v) is 5.36. The van der Waals surface area contributed by atoms with E-state index in [2.05, 4.69) is 15.9 Å². The second kappa shape index (κ2) is 5.85. The molecule has 1 aromatic rings. The Hall–Kier alpha value is -0.880. The molecule has 0 aromatic heterocycles. The van der Waals surface area contributed by atoms with Crippen LogP contribution in [0.5, 0.6) is 0 Å². The van der Waals surface area contributed by atoms with Crippen molar-refractivity contribution < 1.29 is 18.3 Å². The Balaban J connectivity index is 2.52. The largest absolute Gasteiger partial charge is 0.478 e. The van der Waals surface area contributed by atoms with E-state index in [-0.39, 0.29) is 15.7 Å². The molecule has 1 aliphatic rings. The van der Waals surface area contributed by atoms with Crippen LogP contribution >= 0.6 is 15.9 Å². The zero-order chi connectivity index (χ0) is 14.9. The molecule has 6 heteroatoms. The first-order valence-corrected chi connectivity index (χ1v) is 8.95. The number of sulfone groups is 1. The molecule has 1 fully saturated rings. The van der Waals surface area contributed by atoms with Crippen molar-refractivity contribution in [2.24, 2.45) is 0 Å². The maximum atomic E-state index is 12.7. The standard InChI is InChI=1S/C14H17BrO4S/c1-9-12(15)7-10(14(16)17)8-13(9)20(18,19)11-5-3-2-4-6-11/h7-8,11H,2-6H2,1H3,(H,16,17). The molecule has 20 heavy (non-hydrogen) atoms. The Morgan fingerprint density at radius 1 is 1.25 bits per heavy atom. The van der Waals surface area contributed by atoms with Crippen LogP contribution in [-0.4, -0.2) is 24.7 Å². The molecule has 0 spiro atoms. The highest BCUT2D eigenvalue weighted by atomic mass is 79.9. The van der Waals surface area contributed by atoms with Gasteiger partial charge < -0.3 is 5.11 Å². The van der Waals surface area contributed by atoms with Gasteiger partial charge in [-0.15, -0.1) is 0 Å². The van der Waals surface area contributed by atoms with Crippen molar-refractivity contribution in [3.63, 3.8) is 0 Å². The quantitative estimate of drug-likeness (QED) is 0.894. The summed E-state index contributed by atoms with van der Waals surface area (Å²) in [7, 11) is -3.46. The molecule has 0 radical (unpaired) electrons. The number of benzene rings is 1. The molecule has 1 saturated carbocycles. The third-order valence-electron chi connectivity index (χ3n) is 3.84. The minimum Gasteiger partial charge on any atom is -0.478 e. The van der Waals surface area contributed by atoms with Crippen molar-refractivity contribution in [3.8, 4) is 0 Å². The van der Waals surface area contributed by atoms with Gasteiger partial charge in [0.05, 0.1) is 15.7 Å². The van der Waals surface area contributed by atoms with Crippen LogP contribution in [0.4, 0.5) is 0 Å². The van der Waals surface area contributed by atoms with Gasteiger partial charge in [-0.2, -0.15) is 0 Å². The minimum absolute atomic E-state index is 0.00291. The number of hydrogen-bond donors (Lipinski definition) is 1. The smallest absolute Gasteiger partial charge is 0.335 e. The molecule has 110 valence electrons. The number of hydrogen-bond acceptors (Lipinski definition) is 3. The van der Waals surface area contributed by atoms with Crippen LogP contribution in [0, 0.1) is 6.92 Å². The van der Waals surface area contributed by atoms with Gasteiger partial charge in [-0.05, 0) is 37.5 Å². The van der Waals surface area contributed by atoms with Crippen LogP contribution in [0.25, 0.3) is 0 Å². The van der Waals surface area contributed by atoms with E-state index >= 15 is 0 Å². The van der Waals surface area contributed by atoms with Crippen molar-refractivity contribution in [1.29, 1.82) is 0 Å². The lowest BCUT2D eigenvalue weighted by Gasteiger charge is -2.23. The molecule has 1 aromatic carbocycles. The molecule has 0 bridgehead atoms. The molecule has 4 nitrogen and oxygen atoms in total. The Labute approximate surface area is 127 Å². The molecule has 0 aliphatic heterocycles. The Bertz CT molecular complexity index is 631. The molecule has 1 aliphatic carbocycles. The van der Waals surface area contributed by atoms with Gasteiger partial charge in [0, 0.05) is 4.47 Å². The first kappa shape index (κ1) is 15.5. The SMILES string of the molecule is Cc1c(Br)cc(C(=O)O)cc1S(=O)(=O)C1CCCCC1. The van der Waals surface area contributed by atoms with E-state index in [1.54, 1.807) is 6.92 Å². The van der Waals surface area contributed by atoms with Gasteiger partial charge in [0.2, 0.25) is 0 Å². The summed E-state index contributed by atoms with van der Waals surface area (Å²) in [6.45, 7) is 1.70. The molecular formula is C14H17BrO4S. The molecule has 0 amide bonds.